The van der Waals surface area contributed by atoms with Crippen molar-refractivity contribution in [1.29, 1.82) is 0 Å². The SMILES string of the molecule is CCC(C)(C)CCCCCCCCCC(=O)O. The molecule has 0 saturated carbocycles. The van der Waals surface area contributed by atoms with Crippen LogP contribution >= 0.6 is 0 Å². The molecule has 0 fully saturated rings. The number of rotatable bonds is 11. The van der Waals surface area contributed by atoms with Crippen molar-refractivity contribution in [2.45, 2.75) is 85.0 Å². The van der Waals surface area contributed by atoms with Crippen LogP contribution in [0.5, 0.6) is 0 Å². The van der Waals surface area contributed by atoms with Crippen LogP contribution in [0.15, 0.2) is 0 Å². The summed E-state index contributed by atoms with van der Waals surface area (Å²) in [6.07, 6.45) is 11.3. The summed E-state index contributed by atoms with van der Waals surface area (Å²) in [5.41, 5.74) is 0.515. The third-order valence-electron chi connectivity index (χ3n) is 3.70. The first kappa shape index (κ1) is 16.5. The fourth-order valence-electron chi connectivity index (χ4n) is 1.94. The maximum Gasteiger partial charge on any atom is 0.303 e. The van der Waals surface area contributed by atoms with E-state index in [0.717, 1.165) is 12.8 Å². The number of carboxylic acids is 1. The van der Waals surface area contributed by atoms with Gasteiger partial charge in [0.1, 0.15) is 0 Å². The standard InChI is InChI=1S/C15H30O2/c1-4-15(2,3)13-11-9-7-5-6-8-10-12-14(16)17/h4-13H2,1-3H3,(H,16,17). The summed E-state index contributed by atoms with van der Waals surface area (Å²) >= 11 is 0. The maximum atomic E-state index is 10.3. The largest absolute Gasteiger partial charge is 0.481 e. The summed E-state index contributed by atoms with van der Waals surface area (Å²) < 4.78 is 0. The van der Waals surface area contributed by atoms with E-state index in [1.54, 1.807) is 0 Å². The Hall–Kier alpha value is -0.530. The first-order valence-corrected chi connectivity index (χ1v) is 7.20. The molecule has 0 aromatic heterocycles. The van der Waals surface area contributed by atoms with Gasteiger partial charge in [0.05, 0.1) is 0 Å². The van der Waals surface area contributed by atoms with E-state index < -0.39 is 5.97 Å². The van der Waals surface area contributed by atoms with Crippen LogP contribution in [0.2, 0.25) is 0 Å². The molecule has 0 radical (unpaired) electrons. The number of aliphatic carboxylic acids is 1. The Labute approximate surface area is 107 Å². The van der Waals surface area contributed by atoms with Crippen molar-refractivity contribution in [1.82, 2.24) is 0 Å². The number of hydrogen-bond donors (Lipinski definition) is 1. The zero-order chi connectivity index (χ0) is 13.1. The number of unbranched alkanes of at least 4 members (excludes halogenated alkanes) is 6. The van der Waals surface area contributed by atoms with Crippen molar-refractivity contribution in [3.05, 3.63) is 0 Å². The zero-order valence-electron chi connectivity index (χ0n) is 11.9. The molecule has 0 spiro atoms. The number of carboxylic acid groups (broad SMARTS) is 1. The van der Waals surface area contributed by atoms with Crippen LogP contribution in [0.1, 0.15) is 85.0 Å². The summed E-state index contributed by atoms with van der Waals surface area (Å²) in [4.78, 5) is 10.3. The molecule has 0 aliphatic carbocycles. The molecule has 0 rings (SSSR count). The van der Waals surface area contributed by atoms with Gasteiger partial charge in [0, 0.05) is 6.42 Å². The molecule has 0 atom stereocenters. The van der Waals surface area contributed by atoms with Crippen molar-refractivity contribution in [3.8, 4) is 0 Å². The lowest BCUT2D eigenvalue weighted by atomic mass is 9.84. The zero-order valence-corrected chi connectivity index (χ0v) is 11.9. The Bertz CT molecular complexity index is 197. The van der Waals surface area contributed by atoms with Gasteiger partial charge < -0.3 is 5.11 Å². The van der Waals surface area contributed by atoms with Crippen LogP contribution < -0.4 is 0 Å². The van der Waals surface area contributed by atoms with Gasteiger partial charge in [0.2, 0.25) is 0 Å². The molecule has 2 nitrogen and oxygen atoms in total. The lowest BCUT2D eigenvalue weighted by Crippen LogP contribution is -2.08. The van der Waals surface area contributed by atoms with Crippen molar-refractivity contribution in [3.63, 3.8) is 0 Å². The minimum absolute atomic E-state index is 0.338. The summed E-state index contributed by atoms with van der Waals surface area (Å²) in [6.45, 7) is 6.96. The van der Waals surface area contributed by atoms with E-state index in [0.29, 0.717) is 11.8 Å². The minimum Gasteiger partial charge on any atom is -0.481 e. The van der Waals surface area contributed by atoms with Gasteiger partial charge in [-0.05, 0) is 18.3 Å². The molecule has 0 heterocycles. The highest BCUT2D eigenvalue weighted by atomic mass is 16.4. The van der Waals surface area contributed by atoms with Gasteiger partial charge >= 0.3 is 5.97 Å². The summed E-state index contributed by atoms with van der Waals surface area (Å²) in [5.74, 6) is -0.660. The Balaban J connectivity index is 3.16. The smallest absolute Gasteiger partial charge is 0.303 e. The molecular weight excluding hydrogens is 212 g/mol. The first-order valence-electron chi connectivity index (χ1n) is 7.20. The van der Waals surface area contributed by atoms with E-state index >= 15 is 0 Å². The molecule has 17 heavy (non-hydrogen) atoms. The van der Waals surface area contributed by atoms with Crippen LogP contribution in [-0.2, 0) is 4.79 Å². The van der Waals surface area contributed by atoms with Crippen LogP contribution in [0.4, 0.5) is 0 Å². The van der Waals surface area contributed by atoms with E-state index in [4.69, 9.17) is 5.11 Å². The topological polar surface area (TPSA) is 37.3 Å². The molecule has 102 valence electrons. The van der Waals surface area contributed by atoms with Crippen molar-refractivity contribution < 1.29 is 9.90 Å². The van der Waals surface area contributed by atoms with Gasteiger partial charge in [-0.3, -0.25) is 4.79 Å². The highest BCUT2D eigenvalue weighted by molar-refractivity contribution is 5.66. The highest BCUT2D eigenvalue weighted by Crippen LogP contribution is 2.27. The third kappa shape index (κ3) is 11.7. The fourth-order valence-corrected chi connectivity index (χ4v) is 1.94. The number of hydrogen-bond acceptors (Lipinski definition) is 1. The molecule has 0 bridgehead atoms. The first-order chi connectivity index (χ1) is 7.98. The second-order valence-electron chi connectivity index (χ2n) is 5.89. The van der Waals surface area contributed by atoms with E-state index in [1.165, 1.54) is 44.9 Å². The lowest BCUT2D eigenvalue weighted by Gasteiger charge is -2.22. The fraction of sp³-hybridized carbons (Fsp3) is 0.933. The molecule has 0 aromatic carbocycles. The maximum absolute atomic E-state index is 10.3. The summed E-state index contributed by atoms with van der Waals surface area (Å²) in [5, 5.41) is 8.49. The van der Waals surface area contributed by atoms with E-state index in [-0.39, 0.29) is 0 Å². The van der Waals surface area contributed by atoms with Crippen molar-refractivity contribution in [2.75, 3.05) is 0 Å². The van der Waals surface area contributed by atoms with Crippen molar-refractivity contribution in [2.24, 2.45) is 5.41 Å². The predicted octanol–water partition coefficient (Wildman–Crippen LogP) is 5.02. The van der Waals surface area contributed by atoms with Gasteiger partial charge in [0.15, 0.2) is 0 Å². The molecule has 1 N–H and O–H groups in total. The van der Waals surface area contributed by atoms with E-state index in [1.807, 2.05) is 0 Å². The Morgan fingerprint density at radius 2 is 1.41 bits per heavy atom. The average molecular weight is 242 g/mol. The molecule has 0 amide bonds. The normalized spacial score (nSPS) is 11.7. The van der Waals surface area contributed by atoms with Gasteiger partial charge in [-0.15, -0.1) is 0 Å². The number of carbonyl (C=O) groups is 1. The van der Waals surface area contributed by atoms with Gasteiger partial charge in [-0.2, -0.15) is 0 Å². The van der Waals surface area contributed by atoms with Crippen LogP contribution in [-0.4, -0.2) is 11.1 Å². The Kier molecular flexibility index (Phi) is 9.20. The Morgan fingerprint density at radius 1 is 0.941 bits per heavy atom. The Morgan fingerprint density at radius 3 is 1.88 bits per heavy atom. The van der Waals surface area contributed by atoms with Crippen LogP contribution in [0.3, 0.4) is 0 Å². The molecular formula is C15H30O2. The molecule has 2 heteroatoms. The van der Waals surface area contributed by atoms with Gasteiger partial charge in [0.25, 0.3) is 0 Å². The molecule has 0 aliphatic heterocycles. The molecule has 0 aliphatic rings. The molecule has 0 saturated heterocycles. The van der Waals surface area contributed by atoms with Crippen molar-refractivity contribution >= 4 is 5.97 Å². The van der Waals surface area contributed by atoms with Gasteiger partial charge in [-0.1, -0.05) is 65.7 Å². The highest BCUT2D eigenvalue weighted by Gasteiger charge is 2.13. The van der Waals surface area contributed by atoms with Crippen LogP contribution in [0.25, 0.3) is 0 Å². The molecule has 0 aromatic rings. The monoisotopic (exact) mass is 242 g/mol. The van der Waals surface area contributed by atoms with Gasteiger partial charge in [-0.25, -0.2) is 0 Å². The summed E-state index contributed by atoms with van der Waals surface area (Å²) in [7, 11) is 0. The average Bonchev–Trinajstić information content (AvgIpc) is 2.26. The third-order valence-corrected chi connectivity index (χ3v) is 3.70. The predicted molar refractivity (Wildman–Crippen MR) is 73.3 cm³/mol. The van der Waals surface area contributed by atoms with E-state index in [9.17, 15) is 4.79 Å². The van der Waals surface area contributed by atoms with E-state index in [2.05, 4.69) is 20.8 Å². The van der Waals surface area contributed by atoms with Crippen LogP contribution in [0, 0.1) is 5.41 Å². The second-order valence-corrected chi connectivity index (χ2v) is 5.89. The summed E-state index contributed by atoms with van der Waals surface area (Å²) in [6, 6.07) is 0. The molecule has 0 unspecified atom stereocenters. The minimum atomic E-state index is -0.660. The quantitative estimate of drug-likeness (QED) is 0.517. The second kappa shape index (κ2) is 9.49. The lowest BCUT2D eigenvalue weighted by molar-refractivity contribution is -0.137.